The second-order valence-corrected chi connectivity index (χ2v) is 8.38. The van der Waals surface area contributed by atoms with Crippen molar-refractivity contribution < 1.29 is 9.26 Å². The van der Waals surface area contributed by atoms with Gasteiger partial charge < -0.3 is 19.5 Å². The van der Waals surface area contributed by atoms with Crippen LogP contribution in [0, 0.1) is 0 Å². The summed E-state index contributed by atoms with van der Waals surface area (Å²) in [4.78, 5) is 15.7. The molecule has 1 aliphatic carbocycles. The molecule has 0 bridgehead atoms. The second-order valence-electron chi connectivity index (χ2n) is 8.38. The van der Waals surface area contributed by atoms with E-state index in [-0.39, 0.29) is 6.04 Å². The van der Waals surface area contributed by atoms with Gasteiger partial charge in [0.05, 0.1) is 18.7 Å². The van der Waals surface area contributed by atoms with Crippen LogP contribution in [0.3, 0.4) is 0 Å². The van der Waals surface area contributed by atoms with Crippen LogP contribution in [0.1, 0.15) is 49.1 Å². The molecule has 4 aromatic heterocycles. The van der Waals surface area contributed by atoms with Gasteiger partial charge in [-0.15, -0.1) is 0 Å². The van der Waals surface area contributed by atoms with Gasteiger partial charge in [0.2, 0.25) is 11.8 Å². The van der Waals surface area contributed by atoms with Crippen molar-refractivity contribution >= 4 is 17.6 Å². The molecule has 2 aliphatic rings. The van der Waals surface area contributed by atoms with E-state index in [0.29, 0.717) is 29.3 Å². The highest BCUT2D eigenvalue weighted by atomic mass is 16.5. The van der Waals surface area contributed by atoms with E-state index in [1.807, 2.05) is 24.3 Å². The molecule has 5 heterocycles. The number of ether oxygens (including phenoxy) is 1. The Morgan fingerprint density at radius 2 is 2.06 bits per heavy atom. The average molecular weight is 444 g/mol. The summed E-state index contributed by atoms with van der Waals surface area (Å²) in [6, 6.07) is 9.64. The second kappa shape index (κ2) is 8.19. The van der Waals surface area contributed by atoms with Gasteiger partial charge in [0, 0.05) is 42.7 Å². The molecule has 0 aromatic carbocycles. The number of aromatic amines is 1. The molecule has 0 amide bonds. The molecule has 10 heteroatoms. The van der Waals surface area contributed by atoms with Gasteiger partial charge in [-0.3, -0.25) is 5.10 Å². The zero-order valence-corrected chi connectivity index (χ0v) is 18.2. The molecule has 1 atom stereocenters. The van der Waals surface area contributed by atoms with E-state index < -0.39 is 0 Å². The highest BCUT2D eigenvalue weighted by molar-refractivity contribution is 5.65. The summed E-state index contributed by atoms with van der Waals surface area (Å²) in [6.45, 7) is 0.842. The maximum absolute atomic E-state index is 5.75. The molecule has 1 saturated carbocycles. The highest BCUT2D eigenvalue weighted by Gasteiger charge is 2.32. The number of rotatable bonds is 7. The number of anilines is 3. The molecular formula is C23H24N8O2. The predicted octanol–water partition coefficient (Wildman–Crippen LogP) is 4.22. The van der Waals surface area contributed by atoms with Crippen molar-refractivity contribution in [3.05, 3.63) is 54.2 Å². The lowest BCUT2D eigenvalue weighted by atomic mass is 10.1. The van der Waals surface area contributed by atoms with E-state index in [2.05, 4.69) is 41.6 Å². The van der Waals surface area contributed by atoms with E-state index >= 15 is 0 Å². The number of H-pyrrole nitrogens is 1. The molecule has 1 unspecified atom stereocenters. The number of pyridine rings is 1. The Hall–Kier alpha value is -3.95. The fraction of sp³-hybridized carbons (Fsp3) is 0.348. The average Bonchev–Trinajstić information content (AvgIpc) is 3.23. The summed E-state index contributed by atoms with van der Waals surface area (Å²) in [6.07, 6.45) is 7.86. The van der Waals surface area contributed by atoms with Crippen LogP contribution < -0.4 is 15.0 Å². The Kier molecular flexibility index (Phi) is 4.89. The maximum atomic E-state index is 5.75. The van der Waals surface area contributed by atoms with E-state index in [1.165, 1.54) is 18.5 Å². The Bertz CT molecular complexity index is 1260. The van der Waals surface area contributed by atoms with Crippen molar-refractivity contribution in [1.82, 2.24) is 30.3 Å². The van der Waals surface area contributed by atoms with Crippen LogP contribution in [0.4, 0.5) is 17.6 Å². The summed E-state index contributed by atoms with van der Waals surface area (Å²) in [5.41, 5.74) is 2.67. The highest BCUT2D eigenvalue weighted by Crippen LogP contribution is 2.40. The molecule has 6 rings (SSSR count). The summed E-state index contributed by atoms with van der Waals surface area (Å²) >= 11 is 0. The Balaban J connectivity index is 1.23. The van der Waals surface area contributed by atoms with Crippen molar-refractivity contribution in [2.75, 3.05) is 23.9 Å². The van der Waals surface area contributed by atoms with Gasteiger partial charge in [-0.1, -0.05) is 5.16 Å². The van der Waals surface area contributed by atoms with Crippen molar-refractivity contribution in [2.24, 2.45) is 0 Å². The van der Waals surface area contributed by atoms with Gasteiger partial charge in [0.15, 0.2) is 11.6 Å². The fourth-order valence-corrected chi connectivity index (χ4v) is 4.32. The molecule has 10 nitrogen and oxygen atoms in total. The minimum atomic E-state index is 0.0102. The minimum absolute atomic E-state index is 0.0102. The first-order valence-corrected chi connectivity index (χ1v) is 11.2. The fourth-order valence-electron chi connectivity index (χ4n) is 4.32. The first kappa shape index (κ1) is 19.7. The number of hydrogen-bond donors (Lipinski definition) is 2. The quantitative estimate of drug-likeness (QED) is 0.432. The van der Waals surface area contributed by atoms with Crippen LogP contribution in [-0.2, 0) is 0 Å². The Morgan fingerprint density at radius 1 is 1.12 bits per heavy atom. The molecule has 4 aromatic rings. The van der Waals surface area contributed by atoms with Crippen molar-refractivity contribution in [2.45, 2.75) is 37.6 Å². The van der Waals surface area contributed by atoms with E-state index in [4.69, 9.17) is 14.2 Å². The molecular weight excluding hydrogens is 420 g/mol. The van der Waals surface area contributed by atoms with Gasteiger partial charge in [0.1, 0.15) is 11.5 Å². The summed E-state index contributed by atoms with van der Waals surface area (Å²) < 4.78 is 11.1. The number of methoxy groups -OCH3 is 1. The molecule has 0 spiro atoms. The largest absolute Gasteiger partial charge is 0.481 e. The van der Waals surface area contributed by atoms with Crippen LogP contribution in [0.15, 0.2) is 47.2 Å². The molecule has 0 radical (unpaired) electrons. The molecule has 1 aliphatic heterocycles. The molecule has 2 fully saturated rings. The summed E-state index contributed by atoms with van der Waals surface area (Å²) in [5.74, 6) is 4.04. The van der Waals surface area contributed by atoms with Gasteiger partial charge in [0.25, 0.3) is 0 Å². The Morgan fingerprint density at radius 3 is 2.94 bits per heavy atom. The van der Waals surface area contributed by atoms with Gasteiger partial charge >= 0.3 is 0 Å². The standard InChI is InChI=1S/C23H24N8O2/c1-32-22-15(4-2-9-24-22)17-12-19(33-30-17)18-5-3-11-31(18)23-25-10-8-20(27-23)26-21-13-16(28-29-21)14-6-7-14/h2,4,8-10,12-14,18H,3,5-7,11H2,1H3,(H2,25,26,27,28,29). The van der Waals surface area contributed by atoms with Crippen LogP contribution >= 0.6 is 0 Å². The third kappa shape index (κ3) is 3.88. The van der Waals surface area contributed by atoms with Gasteiger partial charge in [-0.05, 0) is 43.9 Å². The zero-order valence-electron chi connectivity index (χ0n) is 18.2. The van der Waals surface area contributed by atoms with Crippen LogP contribution in [0.5, 0.6) is 5.88 Å². The smallest absolute Gasteiger partial charge is 0.227 e. The zero-order chi connectivity index (χ0) is 22.2. The maximum Gasteiger partial charge on any atom is 0.227 e. The third-order valence-electron chi connectivity index (χ3n) is 6.12. The number of aromatic nitrogens is 6. The minimum Gasteiger partial charge on any atom is -0.481 e. The monoisotopic (exact) mass is 444 g/mol. The van der Waals surface area contributed by atoms with E-state index in [1.54, 1.807) is 19.5 Å². The van der Waals surface area contributed by atoms with Crippen LogP contribution in [0.2, 0.25) is 0 Å². The van der Waals surface area contributed by atoms with Crippen molar-refractivity contribution in [3.63, 3.8) is 0 Å². The molecule has 2 N–H and O–H groups in total. The summed E-state index contributed by atoms with van der Waals surface area (Å²) in [7, 11) is 1.60. The SMILES string of the molecule is COc1ncccc1-c1cc(C2CCCN2c2nccc(Nc3cc(C4CC4)[nH]n3)n2)on1. The van der Waals surface area contributed by atoms with E-state index in [0.717, 1.165) is 36.5 Å². The normalized spacial score (nSPS) is 18.0. The lowest BCUT2D eigenvalue weighted by Crippen LogP contribution is -2.24. The molecule has 168 valence electrons. The Labute approximate surface area is 190 Å². The van der Waals surface area contributed by atoms with Gasteiger partial charge in [-0.2, -0.15) is 10.1 Å². The van der Waals surface area contributed by atoms with Gasteiger partial charge in [-0.25, -0.2) is 9.97 Å². The first-order valence-electron chi connectivity index (χ1n) is 11.2. The lowest BCUT2D eigenvalue weighted by molar-refractivity contribution is 0.361. The molecule has 33 heavy (non-hydrogen) atoms. The summed E-state index contributed by atoms with van der Waals surface area (Å²) in [5, 5.41) is 15.0. The van der Waals surface area contributed by atoms with Crippen molar-refractivity contribution in [1.29, 1.82) is 0 Å². The lowest BCUT2D eigenvalue weighted by Gasteiger charge is -2.22. The first-order chi connectivity index (χ1) is 16.3. The predicted molar refractivity (Wildman–Crippen MR) is 121 cm³/mol. The van der Waals surface area contributed by atoms with Crippen molar-refractivity contribution in [3.8, 4) is 17.1 Å². The topological polar surface area (TPSA) is 118 Å². The number of nitrogens with one attached hydrogen (secondary N) is 2. The molecule has 1 saturated heterocycles. The van der Waals surface area contributed by atoms with Crippen LogP contribution in [-0.4, -0.2) is 44.0 Å². The number of nitrogens with zero attached hydrogens (tertiary/aromatic N) is 6. The van der Waals surface area contributed by atoms with E-state index in [9.17, 15) is 0 Å². The number of hydrogen-bond acceptors (Lipinski definition) is 9. The van der Waals surface area contributed by atoms with Crippen LogP contribution in [0.25, 0.3) is 11.3 Å². The third-order valence-corrected chi connectivity index (χ3v) is 6.12.